The number of rotatable bonds is 3. The fourth-order valence-electron chi connectivity index (χ4n) is 3.11. The van der Waals surface area contributed by atoms with Crippen LogP contribution in [-0.4, -0.2) is 5.25 Å². The molecule has 2 aromatic rings. The fourth-order valence-corrected chi connectivity index (χ4v) is 4.52. The summed E-state index contributed by atoms with van der Waals surface area (Å²) in [7, 11) is 0. The van der Waals surface area contributed by atoms with Gasteiger partial charge in [-0.3, -0.25) is 11.3 Å². The number of hydrogen-bond acceptors (Lipinski definition) is 3. The van der Waals surface area contributed by atoms with Gasteiger partial charge in [-0.15, -0.1) is 11.8 Å². The summed E-state index contributed by atoms with van der Waals surface area (Å²) in [6.07, 6.45) is 1.07. The molecule has 0 spiro atoms. The highest BCUT2D eigenvalue weighted by Gasteiger charge is 2.30. The monoisotopic (exact) mass is 298 g/mol. The average molecular weight is 298 g/mol. The molecule has 3 heteroatoms. The lowest BCUT2D eigenvalue weighted by Crippen LogP contribution is -2.35. The third-order valence-corrected chi connectivity index (χ3v) is 5.83. The van der Waals surface area contributed by atoms with Crippen molar-refractivity contribution in [2.45, 2.75) is 43.4 Å². The maximum atomic E-state index is 5.91. The first-order valence-corrected chi connectivity index (χ1v) is 8.26. The van der Waals surface area contributed by atoms with Crippen LogP contribution in [0.3, 0.4) is 0 Å². The van der Waals surface area contributed by atoms with Gasteiger partial charge in [-0.1, -0.05) is 30.3 Å². The predicted octanol–water partition coefficient (Wildman–Crippen LogP) is 3.83. The van der Waals surface area contributed by atoms with Crippen molar-refractivity contribution in [2.24, 2.45) is 5.84 Å². The van der Waals surface area contributed by atoms with E-state index in [1.807, 2.05) is 11.8 Å². The number of aryl methyl sites for hydroxylation is 3. The van der Waals surface area contributed by atoms with Crippen molar-refractivity contribution >= 4 is 11.8 Å². The van der Waals surface area contributed by atoms with E-state index in [0.717, 1.165) is 6.42 Å². The van der Waals surface area contributed by atoms with Crippen LogP contribution in [0.5, 0.6) is 0 Å². The molecule has 1 aliphatic heterocycles. The smallest absolute Gasteiger partial charge is 0.0588 e. The molecule has 2 unspecified atom stereocenters. The summed E-state index contributed by atoms with van der Waals surface area (Å²) in [6, 6.07) is 13.4. The van der Waals surface area contributed by atoms with Crippen molar-refractivity contribution in [2.75, 3.05) is 0 Å². The summed E-state index contributed by atoms with van der Waals surface area (Å²) in [5.41, 5.74) is 9.82. The van der Waals surface area contributed by atoms with E-state index in [9.17, 15) is 0 Å². The summed E-state index contributed by atoms with van der Waals surface area (Å²) >= 11 is 1.94. The molecule has 21 heavy (non-hydrogen) atoms. The first kappa shape index (κ1) is 14.6. The number of hydrogen-bond donors (Lipinski definition) is 2. The van der Waals surface area contributed by atoms with Gasteiger partial charge in [0, 0.05) is 10.1 Å². The molecule has 0 saturated heterocycles. The Morgan fingerprint density at radius 3 is 2.52 bits per heavy atom. The van der Waals surface area contributed by atoms with Crippen molar-refractivity contribution in [3.05, 3.63) is 64.2 Å². The van der Waals surface area contributed by atoms with Crippen molar-refractivity contribution in [3.63, 3.8) is 0 Å². The Labute approximate surface area is 131 Å². The third-order valence-electron chi connectivity index (χ3n) is 4.44. The van der Waals surface area contributed by atoms with E-state index in [2.05, 4.69) is 62.6 Å². The minimum absolute atomic E-state index is 0.182. The highest BCUT2D eigenvalue weighted by atomic mass is 32.2. The van der Waals surface area contributed by atoms with Gasteiger partial charge in [0.05, 0.1) is 6.04 Å². The van der Waals surface area contributed by atoms with Crippen LogP contribution >= 0.6 is 11.8 Å². The molecular formula is C18H22N2S. The largest absolute Gasteiger partial charge is 0.271 e. The first-order chi connectivity index (χ1) is 10.1. The maximum Gasteiger partial charge on any atom is 0.0588 e. The molecule has 0 amide bonds. The maximum absolute atomic E-state index is 5.91. The molecule has 0 saturated carbocycles. The zero-order valence-corrected chi connectivity index (χ0v) is 13.6. The topological polar surface area (TPSA) is 38.0 Å². The minimum atomic E-state index is 0.182. The summed E-state index contributed by atoms with van der Waals surface area (Å²) in [6.45, 7) is 6.51. The normalized spacial score (nSPS) is 18.6. The number of benzene rings is 2. The second-order valence-corrected chi connectivity index (χ2v) is 7.19. The minimum Gasteiger partial charge on any atom is -0.271 e. The quantitative estimate of drug-likeness (QED) is 0.668. The average Bonchev–Trinajstić information content (AvgIpc) is 2.88. The molecule has 2 atom stereocenters. The van der Waals surface area contributed by atoms with Gasteiger partial charge < -0.3 is 0 Å². The van der Waals surface area contributed by atoms with Crippen molar-refractivity contribution in [3.8, 4) is 0 Å². The molecule has 0 fully saturated rings. The molecule has 2 nitrogen and oxygen atoms in total. The second kappa shape index (κ2) is 5.84. The Morgan fingerprint density at radius 2 is 1.81 bits per heavy atom. The molecule has 0 aromatic heterocycles. The highest BCUT2D eigenvalue weighted by molar-refractivity contribution is 8.00. The molecule has 0 radical (unpaired) electrons. The van der Waals surface area contributed by atoms with Crippen molar-refractivity contribution in [1.29, 1.82) is 0 Å². The van der Waals surface area contributed by atoms with Gasteiger partial charge in [-0.2, -0.15) is 0 Å². The third kappa shape index (κ3) is 2.73. The predicted molar refractivity (Wildman–Crippen MR) is 90.5 cm³/mol. The Morgan fingerprint density at radius 1 is 1.10 bits per heavy atom. The van der Waals surface area contributed by atoms with Crippen LogP contribution in [0.25, 0.3) is 0 Å². The lowest BCUT2D eigenvalue weighted by molar-refractivity contribution is 0.530. The van der Waals surface area contributed by atoms with Crippen molar-refractivity contribution < 1.29 is 0 Å². The zero-order chi connectivity index (χ0) is 15.0. The summed E-state index contributed by atoms with van der Waals surface area (Å²) < 4.78 is 0. The van der Waals surface area contributed by atoms with Gasteiger partial charge in [-0.25, -0.2) is 0 Å². The number of fused-ring (bicyclic) bond motifs is 1. The first-order valence-electron chi connectivity index (χ1n) is 7.38. The molecule has 110 valence electrons. The molecule has 0 aliphatic carbocycles. The molecular weight excluding hydrogens is 276 g/mol. The zero-order valence-electron chi connectivity index (χ0n) is 12.8. The van der Waals surface area contributed by atoms with Gasteiger partial charge in [0.25, 0.3) is 0 Å². The Balaban J connectivity index is 1.92. The van der Waals surface area contributed by atoms with Crippen LogP contribution in [0, 0.1) is 20.8 Å². The number of hydrazine groups is 1. The van der Waals surface area contributed by atoms with E-state index in [4.69, 9.17) is 5.84 Å². The Hall–Kier alpha value is -1.29. The molecule has 3 N–H and O–H groups in total. The fraction of sp³-hybridized carbons (Fsp3) is 0.333. The number of nitrogens with one attached hydrogen (secondary N) is 1. The number of nitrogens with two attached hydrogens (primary N) is 1. The molecule has 3 rings (SSSR count). The van der Waals surface area contributed by atoms with Gasteiger partial charge in [0.2, 0.25) is 0 Å². The van der Waals surface area contributed by atoms with Crippen LogP contribution in [0.2, 0.25) is 0 Å². The van der Waals surface area contributed by atoms with Gasteiger partial charge in [0.1, 0.15) is 0 Å². The van der Waals surface area contributed by atoms with Crippen LogP contribution in [-0.2, 0) is 6.42 Å². The van der Waals surface area contributed by atoms with Crippen LogP contribution < -0.4 is 11.3 Å². The molecule has 0 bridgehead atoms. The molecule has 2 aromatic carbocycles. The summed E-state index contributed by atoms with van der Waals surface area (Å²) in [5, 5.41) is 0.452. The van der Waals surface area contributed by atoms with E-state index in [1.165, 1.54) is 32.7 Å². The van der Waals surface area contributed by atoms with Crippen LogP contribution in [0.4, 0.5) is 0 Å². The van der Waals surface area contributed by atoms with Crippen LogP contribution in [0.1, 0.15) is 33.9 Å². The lowest BCUT2D eigenvalue weighted by atomic mass is 9.92. The van der Waals surface area contributed by atoms with Gasteiger partial charge in [-0.05, 0) is 61.1 Å². The van der Waals surface area contributed by atoms with Gasteiger partial charge in [0.15, 0.2) is 0 Å². The van der Waals surface area contributed by atoms with E-state index >= 15 is 0 Å². The summed E-state index contributed by atoms with van der Waals surface area (Å²) in [4.78, 5) is 1.39. The van der Waals surface area contributed by atoms with E-state index in [1.54, 1.807) is 0 Å². The van der Waals surface area contributed by atoms with Crippen LogP contribution in [0.15, 0.2) is 41.3 Å². The lowest BCUT2D eigenvalue weighted by Gasteiger charge is -2.25. The SMILES string of the molecule is Cc1cc(C)c(C(NN)C2Cc3ccccc3S2)cc1C. The molecule has 1 aliphatic rings. The van der Waals surface area contributed by atoms with E-state index in [-0.39, 0.29) is 6.04 Å². The second-order valence-electron chi connectivity index (χ2n) is 5.91. The Bertz CT molecular complexity index is 641. The van der Waals surface area contributed by atoms with Gasteiger partial charge >= 0.3 is 0 Å². The van der Waals surface area contributed by atoms with E-state index in [0.29, 0.717) is 5.25 Å². The Kier molecular flexibility index (Phi) is 4.07. The highest BCUT2D eigenvalue weighted by Crippen LogP contribution is 2.43. The number of thioether (sulfide) groups is 1. The summed E-state index contributed by atoms with van der Waals surface area (Å²) in [5.74, 6) is 5.91. The molecule has 1 heterocycles. The van der Waals surface area contributed by atoms with E-state index < -0.39 is 0 Å². The van der Waals surface area contributed by atoms with Crippen molar-refractivity contribution in [1.82, 2.24) is 5.43 Å². The standard InChI is InChI=1S/C18H22N2S/c1-11-8-13(3)15(9-12(11)2)18(20-19)17-10-14-6-4-5-7-16(14)21-17/h4-9,17-18,20H,10,19H2,1-3H3.